The van der Waals surface area contributed by atoms with Crippen molar-refractivity contribution >= 4 is 6.03 Å². The third-order valence-corrected chi connectivity index (χ3v) is 3.98. The molecule has 132 valence electrons. The van der Waals surface area contributed by atoms with Crippen LogP contribution in [0.3, 0.4) is 0 Å². The molecule has 0 saturated heterocycles. The van der Waals surface area contributed by atoms with Gasteiger partial charge < -0.3 is 24.8 Å². The van der Waals surface area contributed by atoms with Crippen LogP contribution in [0, 0.1) is 6.92 Å². The van der Waals surface area contributed by atoms with Gasteiger partial charge in [0.1, 0.15) is 12.4 Å². The molecule has 25 heavy (non-hydrogen) atoms. The molecule has 0 bridgehead atoms. The number of hydrogen-bond donors (Lipinski definition) is 2. The minimum absolute atomic E-state index is 0.146. The highest BCUT2D eigenvalue weighted by molar-refractivity contribution is 5.74. The van der Waals surface area contributed by atoms with E-state index in [0.29, 0.717) is 18.9 Å². The van der Waals surface area contributed by atoms with E-state index >= 15 is 0 Å². The summed E-state index contributed by atoms with van der Waals surface area (Å²) in [5.74, 6) is 2.27. The van der Waals surface area contributed by atoms with Gasteiger partial charge in [-0.2, -0.15) is 0 Å². The van der Waals surface area contributed by atoms with Gasteiger partial charge in [0.25, 0.3) is 0 Å². The van der Waals surface area contributed by atoms with E-state index < -0.39 is 0 Å². The molecule has 2 aromatic rings. The fourth-order valence-electron chi connectivity index (χ4n) is 2.56. The average Bonchev–Trinajstić information content (AvgIpc) is 3.07. The van der Waals surface area contributed by atoms with Crippen molar-refractivity contribution in [3.05, 3.63) is 53.6 Å². The number of hydrogen-bond acceptors (Lipinski definition) is 4. The summed E-state index contributed by atoms with van der Waals surface area (Å²) in [6.07, 6.45) is 0. The van der Waals surface area contributed by atoms with Crippen LogP contribution < -0.4 is 24.8 Å². The second-order valence-electron chi connectivity index (χ2n) is 5.85. The molecule has 1 aliphatic rings. The highest BCUT2D eigenvalue weighted by Gasteiger charge is 2.16. The van der Waals surface area contributed by atoms with Crippen molar-refractivity contribution in [2.75, 3.05) is 19.9 Å². The van der Waals surface area contributed by atoms with Crippen molar-refractivity contribution in [3.63, 3.8) is 0 Å². The van der Waals surface area contributed by atoms with Gasteiger partial charge in [-0.1, -0.05) is 24.3 Å². The minimum atomic E-state index is -0.237. The van der Waals surface area contributed by atoms with E-state index in [9.17, 15) is 4.79 Å². The Morgan fingerprint density at radius 2 is 2.00 bits per heavy atom. The topological polar surface area (TPSA) is 68.8 Å². The normalized spacial score (nSPS) is 13.2. The molecule has 0 fully saturated rings. The molecular formula is C19H22N2O4. The van der Waals surface area contributed by atoms with Crippen LogP contribution >= 0.6 is 0 Å². The van der Waals surface area contributed by atoms with E-state index in [1.165, 1.54) is 0 Å². The third kappa shape index (κ3) is 4.35. The summed E-state index contributed by atoms with van der Waals surface area (Å²) in [4.78, 5) is 12.0. The average molecular weight is 342 g/mol. The largest absolute Gasteiger partial charge is 0.491 e. The fourth-order valence-corrected chi connectivity index (χ4v) is 2.56. The van der Waals surface area contributed by atoms with Crippen LogP contribution in [-0.2, 0) is 0 Å². The van der Waals surface area contributed by atoms with Crippen LogP contribution in [0.1, 0.15) is 24.1 Å². The number of para-hydroxylation sites is 1. The number of rotatable bonds is 6. The molecule has 2 aromatic carbocycles. The predicted molar refractivity (Wildman–Crippen MR) is 94.2 cm³/mol. The Kier molecular flexibility index (Phi) is 5.28. The molecule has 6 nitrogen and oxygen atoms in total. The van der Waals surface area contributed by atoms with E-state index in [1.54, 1.807) is 0 Å². The fraction of sp³-hybridized carbons (Fsp3) is 0.316. The first-order valence-corrected chi connectivity index (χ1v) is 8.26. The highest BCUT2D eigenvalue weighted by atomic mass is 16.7. The number of carbonyl (C=O) groups excluding carboxylic acids is 1. The Balaban J connectivity index is 1.42. The molecular weight excluding hydrogens is 320 g/mol. The molecule has 1 heterocycles. The predicted octanol–water partition coefficient (Wildman–Crippen LogP) is 3.16. The lowest BCUT2D eigenvalue weighted by Crippen LogP contribution is -2.39. The van der Waals surface area contributed by atoms with Crippen molar-refractivity contribution in [2.24, 2.45) is 0 Å². The first kappa shape index (κ1) is 17.0. The lowest BCUT2D eigenvalue weighted by Gasteiger charge is -2.16. The van der Waals surface area contributed by atoms with Gasteiger partial charge >= 0.3 is 6.03 Å². The maximum atomic E-state index is 12.0. The van der Waals surface area contributed by atoms with Gasteiger partial charge in [0.2, 0.25) is 6.79 Å². The van der Waals surface area contributed by atoms with Gasteiger partial charge in [0.05, 0.1) is 12.6 Å². The van der Waals surface area contributed by atoms with Gasteiger partial charge in [-0.15, -0.1) is 0 Å². The Morgan fingerprint density at radius 1 is 1.20 bits per heavy atom. The molecule has 6 heteroatoms. The Bertz CT molecular complexity index is 748. The molecule has 1 aliphatic heterocycles. The maximum absolute atomic E-state index is 12.0. The number of urea groups is 1. The zero-order valence-corrected chi connectivity index (χ0v) is 14.4. The zero-order valence-electron chi connectivity index (χ0n) is 14.4. The Hall–Kier alpha value is -2.89. The SMILES string of the molecule is Cc1ccccc1OCCNC(=O)NC(C)c1ccc2c(c1)OCO2. The second-order valence-corrected chi connectivity index (χ2v) is 5.85. The number of ether oxygens (including phenoxy) is 3. The molecule has 0 aromatic heterocycles. The van der Waals surface area contributed by atoms with E-state index in [0.717, 1.165) is 22.6 Å². The Morgan fingerprint density at radius 3 is 2.84 bits per heavy atom. The molecule has 1 unspecified atom stereocenters. The van der Waals surface area contributed by atoms with Crippen molar-refractivity contribution in [3.8, 4) is 17.2 Å². The molecule has 0 spiro atoms. The molecule has 3 rings (SSSR count). The summed E-state index contributed by atoms with van der Waals surface area (Å²) in [6, 6.07) is 13.1. The number of benzene rings is 2. The van der Waals surface area contributed by atoms with Gasteiger partial charge in [-0.25, -0.2) is 4.79 Å². The maximum Gasteiger partial charge on any atom is 0.315 e. The van der Waals surface area contributed by atoms with Crippen LogP contribution in [-0.4, -0.2) is 26.0 Å². The van der Waals surface area contributed by atoms with E-state index in [1.807, 2.05) is 56.3 Å². The van der Waals surface area contributed by atoms with E-state index in [-0.39, 0.29) is 18.9 Å². The molecule has 0 saturated carbocycles. The number of fused-ring (bicyclic) bond motifs is 1. The monoisotopic (exact) mass is 342 g/mol. The van der Waals surface area contributed by atoms with Gasteiger partial charge in [-0.05, 0) is 43.2 Å². The lowest BCUT2D eigenvalue weighted by atomic mass is 10.1. The van der Waals surface area contributed by atoms with Crippen molar-refractivity contribution in [1.29, 1.82) is 0 Å². The number of aryl methyl sites for hydroxylation is 1. The molecule has 0 aliphatic carbocycles. The van der Waals surface area contributed by atoms with E-state index in [2.05, 4.69) is 10.6 Å². The summed E-state index contributed by atoms with van der Waals surface area (Å²) in [5.41, 5.74) is 2.03. The summed E-state index contributed by atoms with van der Waals surface area (Å²) < 4.78 is 16.3. The van der Waals surface area contributed by atoms with Crippen molar-refractivity contribution in [2.45, 2.75) is 19.9 Å². The van der Waals surface area contributed by atoms with Crippen LogP contribution in [0.4, 0.5) is 4.79 Å². The molecule has 1 atom stereocenters. The summed E-state index contributed by atoms with van der Waals surface area (Å²) >= 11 is 0. The first-order chi connectivity index (χ1) is 12.1. The van der Waals surface area contributed by atoms with Crippen molar-refractivity contribution < 1.29 is 19.0 Å². The standard InChI is InChI=1S/C19H22N2O4/c1-13-5-3-4-6-16(13)23-10-9-20-19(22)21-14(2)15-7-8-17-18(11-15)25-12-24-17/h3-8,11,14H,9-10,12H2,1-2H3,(H2,20,21,22). The Labute approximate surface area is 147 Å². The quantitative estimate of drug-likeness (QED) is 0.791. The van der Waals surface area contributed by atoms with Crippen LogP contribution in [0.25, 0.3) is 0 Å². The lowest BCUT2D eigenvalue weighted by molar-refractivity contribution is 0.174. The zero-order chi connectivity index (χ0) is 17.6. The van der Waals surface area contributed by atoms with Gasteiger partial charge in [-0.3, -0.25) is 0 Å². The van der Waals surface area contributed by atoms with Crippen LogP contribution in [0.15, 0.2) is 42.5 Å². The number of amides is 2. The van der Waals surface area contributed by atoms with Crippen molar-refractivity contribution in [1.82, 2.24) is 10.6 Å². The molecule has 0 radical (unpaired) electrons. The van der Waals surface area contributed by atoms with Crippen LogP contribution in [0.2, 0.25) is 0 Å². The number of nitrogens with one attached hydrogen (secondary N) is 2. The third-order valence-electron chi connectivity index (χ3n) is 3.98. The van der Waals surface area contributed by atoms with Gasteiger partial charge in [0.15, 0.2) is 11.5 Å². The van der Waals surface area contributed by atoms with E-state index in [4.69, 9.17) is 14.2 Å². The summed E-state index contributed by atoms with van der Waals surface area (Å²) in [7, 11) is 0. The first-order valence-electron chi connectivity index (χ1n) is 8.26. The minimum Gasteiger partial charge on any atom is -0.491 e. The summed E-state index contributed by atoms with van der Waals surface area (Å²) in [5, 5.41) is 5.69. The number of carbonyl (C=O) groups is 1. The smallest absolute Gasteiger partial charge is 0.315 e. The second kappa shape index (κ2) is 7.79. The summed E-state index contributed by atoms with van der Waals surface area (Å²) in [6.45, 7) is 4.98. The van der Waals surface area contributed by atoms with Gasteiger partial charge in [0, 0.05) is 0 Å². The molecule has 2 amide bonds. The highest BCUT2D eigenvalue weighted by Crippen LogP contribution is 2.34. The molecule has 2 N–H and O–H groups in total. The van der Waals surface area contributed by atoms with Crippen LogP contribution in [0.5, 0.6) is 17.2 Å².